The van der Waals surface area contributed by atoms with Crippen LogP contribution in [0.25, 0.3) is 11.0 Å². The lowest BCUT2D eigenvalue weighted by molar-refractivity contribution is 0.0544. The van der Waals surface area contributed by atoms with Gasteiger partial charge in [-0.2, -0.15) is 10.1 Å². The standard InChI is InChI=1S/C16H18ClN7O2/c17-13-11-7-18-16-19-12-8-24(10-3-1-5-25-9-10)22-15(12)26-6-2-4-23(21-13)14(11)20-16/h7-8,10H,1-6,9H2,(H,18,19,20). The first-order valence-electron chi connectivity index (χ1n) is 8.74. The Balaban J connectivity index is 1.53. The van der Waals surface area contributed by atoms with Crippen molar-refractivity contribution in [3.05, 3.63) is 17.5 Å². The summed E-state index contributed by atoms with van der Waals surface area (Å²) in [7, 11) is 0. The molecular weight excluding hydrogens is 358 g/mol. The molecule has 1 atom stereocenters. The van der Waals surface area contributed by atoms with Crippen LogP contribution in [0.2, 0.25) is 5.15 Å². The largest absolute Gasteiger partial charge is 0.475 e. The van der Waals surface area contributed by atoms with Crippen molar-refractivity contribution in [2.45, 2.75) is 31.8 Å². The van der Waals surface area contributed by atoms with E-state index in [2.05, 4.69) is 25.5 Å². The van der Waals surface area contributed by atoms with E-state index in [1.54, 1.807) is 10.9 Å². The van der Waals surface area contributed by atoms with E-state index >= 15 is 0 Å². The summed E-state index contributed by atoms with van der Waals surface area (Å²) in [6, 6.07) is 0.221. The van der Waals surface area contributed by atoms with Crippen LogP contribution in [0.15, 0.2) is 12.4 Å². The molecule has 0 aliphatic carbocycles. The molecule has 1 fully saturated rings. The normalized spacial score (nSPS) is 20.3. The maximum atomic E-state index is 6.18. The predicted molar refractivity (Wildman–Crippen MR) is 95.0 cm³/mol. The summed E-state index contributed by atoms with van der Waals surface area (Å²) < 4.78 is 15.2. The van der Waals surface area contributed by atoms with Crippen molar-refractivity contribution < 1.29 is 9.47 Å². The number of anilines is 2. The fourth-order valence-electron chi connectivity index (χ4n) is 3.33. The van der Waals surface area contributed by atoms with Crippen LogP contribution in [0.4, 0.5) is 11.6 Å². The molecule has 1 saturated heterocycles. The summed E-state index contributed by atoms with van der Waals surface area (Å²) in [6.07, 6.45) is 6.47. The average molecular weight is 376 g/mol. The van der Waals surface area contributed by atoms with E-state index in [4.69, 9.17) is 21.1 Å². The Morgan fingerprint density at radius 2 is 2.19 bits per heavy atom. The van der Waals surface area contributed by atoms with Crippen LogP contribution in [-0.4, -0.2) is 49.3 Å². The number of aromatic nitrogens is 6. The third-order valence-corrected chi connectivity index (χ3v) is 4.93. The van der Waals surface area contributed by atoms with Crippen molar-refractivity contribution in [1.29, 1.82) is 0 Å². The monoisotopic (exact) mass is 375 g/mol. The summed E-state index contributed by atoms with van der Waals surface area (Å²) in [5.74, 6) is 1.01. The van der Waals surface area contributed by atoms with Crippen LogP contribution < -0.4 is 10.1 Å². The van der Waals surface area contributed by atoms with E-state index in [0.717, 1.165) is 36.9 Å². The fraction of sp³-hybridized carbons (Fsp3) is 0.500. The van der Waals surface area contributed by atoms with Crippen molar-refractivity contribution in [3.8, 4) is 5.88 Å². The molecule has 2 aliphatic rings. The number of hydrogen-bond acceptors (Lipinski definition) is 7. The molecular formula is C16H18ClN7O2. The van der Waals surface area contributed by atoms with Gasteiger partial charge in [0.2, 0.25) is 5.95 Å². The molecule has 0 saturated carbocycles. The Labute approximate surface area is 154 Å². The summed E-state index contributed by atoms with van der Waals surface area (Å²) >= 11 is 6.18. The Morgan fingerprint density at radius 3 is 3.08 bits per heavy atom. The molecule has 2 aliphatic heterocycles. The third kappa shape index (κ3) is 2.77. The summed E-state index contributed by atoms with van der Waals surface area (Å²) in [5, 5.41) is 13.3. The lowest BCUT2D eigenvalue weighted by Gasteiger charge is -2.22. The fourth-order valence-corrected chi connectivity index (χ4v) is 3.55. The zero-order chi connectivity index (χ0) is 17.5. The summed E-state index contributed by atoms with van der Waals surface area (Å²) in [6.45, 7) is 2.67. The molecule has 3 aromatic rings. The second-order valence-corrected chi connectivity index (χ2v) is 6.83. The van der Waals surface area contributed by atoms with Crippen molar-refractivity contribution in [1.82, 2.24) is 29.5 Å². The van der Waals surface area contributed by atoms with Gasteiger partial charge >= 0.3 is 0 Å². The molecule has 10 heteroatoms. The number of halogens is 1. The first kappa shape index (κ1) is 15.8. The molecule has 0 amide bonds. The van der Waals surface area contributed by atoms with Gasteiger partial charge in [-0.3, -0.25) is 4.68 Å². The quantitative estimate of drug-likeness (QED) is 0.698. The van der Waals surface area contributed by atoms with Crippen LogP contribution in [0, 0.1) is 0 Å². The van der Waals surface area contributed by atoms with Gasteiger partial charge in [-0.15, -0.1) is 5.10 Å². The van der Waals surface area contributed by atoms with E-state index < -0.39 is 0 Å². The van der Waals surface area contributed by atoms with Gasteiger partial charge in [0, 0.05) is 25.8 Å². The Bertz CT molecular complexity index is 948. The number of nitrogens with one attached hydrogen (secondary N) is 1. The zero-order valence-electron chi connectivity index (χ0n) is 14.1. The maximum absolute atomic E-state index is 6.18. The van der Waals surface area contributed by atoms with Gasteiger partial charge in [0.05, 0.1) is 30.8 Å². The number of fused-ring (bicyclic) bond motifs is 2. The van der Waals surface area contributed by atoms with Gasteiger partial charge in [-0.1, -0.05) is 11.6 Å². The van der Waals surface area contributed by atoms with E-state index in [0.29, 0.717) is 42.4 Å². The van der Waals surface area contributed by atoms with Crippen LogP contribution in [0.1, 0.15) is 25.3 Å². The highest BCUT2D eigenvalue weighted by atomic mass is 35.5. The Morgan fingerprint density at radius 1 is 1.23 bits per heavy atom. The van der Waals surface area contributed by atoms with Crippen molar-refractivity contribution >= 4 is 34.3 Å². The average Bonchev–Trinajstić information content (AvgIpc) is 3.20. The van der Waals surface area contributed by atoms with Gasteiger partial charge < -0.3 is 14.8 Å². The maximum Gasteiger partial charge on any atom is 0.256 e. The van der Waals surface area contributed by atoms with E-state index in [-0.39, 0.29) is 6.04 Å². The number of hydrogen-bond donors (Lipinski definition) is 1. The summed E-state index contributed by atoms with van der Waals surface area (Å²) in [5.41, 5.74) is 1.46. The SMILES string of the molecule is Clc1nn2c3nc(ncc13)Nc1cn(C3CCCOC3)nc1OCCC2. The van der Waals surface area contributed by atoms with Gasteiger partial charge in [0.25, 0.3) is 5.88 Å². The molecule has 1 N–H and O–H groups in total. The lowest BCUT2D eigenvalue weighted by atomic mass is 10.1. The topological polar surface area (TPSA) is 91.9 Å². The Hall–Kier alpha value is -2.39. The Kier molecular flexibility index (Phi) is 3.90. The highest BCUT2D eigenvalue weighted by Gasteiger charge is 2.21. The van der Waals surface area contributed by atoms with Gasteiger partial charge in [-0.05, 0) is 12.8 Å². The summed E-state index contributed by atoms with van der Waals surface area (Å²) in [4.78, 5) is 8.93. The molecule has 5 rings (SSSR count). The lowest BCUT2D eigenvalue weighted by Crippen LogP contribution is -2.21. The molecule has 26 heavy (non-hydrogen) atoms. The second-order valence-electron chi connectivity index (χ2n) is 6.47. The highest BCUT2D eigenvalue weighted by Crippen LogP contribution is 2.30. The van der Waals surface area contributed by atoms with Gasteiger partial charge in [0.15, 0.2) is 10.8 Å². The molecule has 5 heterocycles. The molecule has 2 bridgehead atoms. The molecule has 136 valence electrons. The molecule has 1 unspecified atom stereocenters. The van der Waals surface area contributed by atoms with E-state index in [1.165, 1.54) is 0 Å². The zero-order valence-corrected chi connectivity index (χ0v) is 14.8. The molecule has 0 spiro atoms. The number of aryl methyl sites for hydroxylation is 1. The third-order valence-electron chi connectivity index (χ3n) is 4.65. The van der Waals surface area contributed by atoms with Gasteiger partial charge in [-0.25, -0.2) is 9.67 Å². The van der Waals surface area contributed by atoms with Crippen molar-refractivity contribution in [2.75, 3.05) is 25.1 Å². The molecule has 0 aromatic carbocycles. The van der Waals surface area contributed by atoms with Crippen molar-refractivity contribution in [2.24, 2.45) is 0 Å². The minimum atomic E-state index is 0.221. The minimum Gasteiger partial charge on any atom is -0.475 e. The predicted octanol–water partition coefficient (Wildman–Crippen LogP) is 2.55. The first-order chi connectivity index (χ1) is 12.8. The van der Waals surface area contributed by atoms with Crippen LogP contribution in [0.3, 0.4) is 0 Å². The minimum absolute atomic E-state index is 0.221. The van der Waals surface area contributed by atoms with E-state index in [1.807, 2.05) is 10.9 Å². The highest BCUT2D eigenvalue weighted by molar-refractivity contribution is 6.34. The number of ether oxygens (including phenoxy) is 2. The first-order valence-corrected chi connectivity index (χ1v) is 9.11. The van der Waals surface area contributed by atoms with Gasteiger partial charge in [0.1, 0.15) is 5.69 Å². The number of rotatable bonds is 1. The van der Waals surface area contributed by atoms with Crippen molar-refractivity contribution in [3.63, 3.8) is 0 Å². The second kappa shape index (κ2) is 6.40. The van der Waals surface area contributed by atoms with Crippen LogP contribution >= 0.6 is 11.6 Å². The molecule has 9 nitrogen and oxygen atoms in total. The smallest absolute Gasteiger partial charge is 0.256 e. The van der Waals surface area contributed by atoms with E-state index in [9.17, 15) is 0 Å². The van der Waals surface area contributed by atoms with Crippen LogP contribution in [-0.2, 0) is 11.3 Å². The number of nitrogens with zero attached hydrogens (tertiary/aromatic N) is 6. The molecule has 0 radical (unpaired) electrons. The molecule has 3 aromatic heterocycles. The van der Waals surface area contributed by atoms with Crippen LogP contribution in [0.5, 0.6) is 5.88 Å².